The number of nitrogens with zero attached hydrogens (tertiary/aromatic N) is 3. The maximum absolute atomic E-state index is 13.5. The van der Waals surface area contributed by atoms with Gasteiger partial charge in [0.2, 0.25) is 5.43 Å². The van der Waals surface area contributed by atoms with Crippen LogP contribution in [0.15, 0.2) is 81.7 Å². The van der Waals surface area contributed by atoms with Crippen molar-refractivity contribution >= 4 is 21.2 Å². The van der Waals surface area contributed by atoms with Crippen molar-refractivity contribution in [3.8, 4) is 5.69 Å². The molecule has 0 atom stereocenters. The van der Waals surface area contributed by atoms with Gasteiger partial charge in [0.1, 0.15) is 0 Å². The lowest BCUT2D eigenvalue weighted by atomic mass is 10.2. The summed E-state index contributed by atoms with van der Waals surface area (Å²) in [5.74, 6) is -2.13. The molecule has 2 aromatic carbocycles. The van der Waals surface area contributed by atoms with Crippen LogP contribution in [-0.4, -0.2) is 30.2 Å². The highest BCUT2D eigenvalue weighted by Gasteiger charge is 2.12. The maximum atomic E-state index is 13.5. The summed E-state index contributed by atoms with van der Waals surface area (Å²) in [6.45, 7) is 0. The van der Waals surface area contributed by atoms with Gasteiger partial charge in [0.15, 0.2) is 27.2 Å². The Balaban J connectivity index is 2.14. The zero-order valence-corrected chi connectivity index (χ0v) is 16.5. The molecule has 0 bridgehead atoms. The molecule has 0 saturated carbocycles. The number of hydrogen-bond donors (Lipinski definition) is 1. The average Bonchev–Trinajstić information content (AvgIpc) is 2.70. The van der Waals surface area contributed by atoms with Gasteiger partial charge in [0.25, 0.3) is 0 Å². The van der Waals surface area contributed by atoms with Gasteiger partial charge in [-0.15, -0.1) is 0 Å². The van der Waals surface area contributed by atoms with E-state index in [1.54, 1.807) is 12.1 Å². The predicted octanol–water partition coefficient (Wildman–Crippen LogP) is 2.51. The summed E-state index contributed by atoms with van der Waals surface area (Å²) in [7, 11) is -3.45. The number of benzene rings is 2. The molecule has 0 aliphatic carbocycles. The van der Waals surface area contributed by atoms with E-state index >= 15 is 0 Å². The van der Waals surface area contributed by atoms with Crippen molar-refractivity contribution in [2.45, 2.75) is 4.90 Å². The highest BCUT2D eigenvalue weighted by atomic mass is 32.2. The molecule has 1 aromatic heterocycles. The minimum atomic E-state index is -3.45. The number of allylic oxidation sites excluding steroid dienone is 1. The number of nitrogens with two attached hydrogens (primary N) is 1. The van der Waals surface area contributed by atoms with Crippen molar-refractivity contribution in [2.24, 2.45) is 10.7 Å². The number of rotatable bonds is 5. The Labute approximate surface area is 170 Å². The van der Waals surface area contributed by atoms with E-state index in [0.717, 1.165) is 24.6 Å². The Morgan fingerprint density at radius 2 is 1.90 bits per heavy atom. The summed E-state index contributed by atoms with van der Waals surface area (Å²) >= 11 is 0. The minimum absolute atomic E-state index is 0.0159. The van der Waals surface area contributed by atoms with Crippen molar-refractivity contribution < 1.29 is 17.2 Å². The number of hydrogen-bond acceptors (Lipinski definition) is 6. The van der Waals surface area contributed by atoms with E-state index in [-0.39, 0.29) is 22.0 Å². The fraction of sp³-hybridized carbons (Fsp3) is 0.0500. The Kier molecular flexibility index (Phi) is 5.88. The van der Waals surface area contributed by atoms with Crippen molar-refractivity contribution in [3.05, 3.63) is 94.6 Å². The zero-order chi connectivity index (χ0) is 21.9. The first-order valence-corrected chi connectivity index (χ1v) is 10.4. The first-order chi connectivity index (χ1) is 14.2. The summed E-state index contributed by atoms with van der Waals surface area (Å²) in [6, 6.07) is 10.2. The van der Waals surface area contributed by atoms with E-state index in [2.05, 4.69) is 10.1 Å². The normalized spacial score (nSPS) is 12.4. The van der Waals surface area contributed by atoms with Crippen LogP contribution >= 0.6 is 0 Å². The topological polar surface area (TPSA) is 107 Å². The summed E-state index contributed by atoms with van der Waals surface area (Å²) in [6.07, 6.45) is 4.87. The molecule has 1 heterocycles. The van der Waals surface area contributed by atoms with Gasteiger partial charge in [-0.3, -0.25) is 4.79 Å². The van der Waals surface area contributed by atoms with Gasteiger partial charge < -0.3 is 5.73 Å². The molecular formula is C20H16F2N4O3S. The van der Waals surface area contributed by atoms with Gasteiger partial charge in [-0.2, -0.15) is 5.10 Å². The second-order valence-electron chi connectivity index (χ2n) is 6.20. The predicted molar refractivity (Wildman–Crippen MR) is 109 cm³/mol. The largest absolute Gasteiger partial charge is 0.405 e. The summed E-state index contributed by atoms with van der Waals surface area (Å²) in [5, 5.41) is 4.22. The number of aliphatic imine (C=N–C) groups is 1. The molecular weight excluding hydrogens is 414 g/mol. The van der Waals surface area contributed by atoms with Crippen molar-refractivity contribution in [3.63, 3.8) is 0 Å². The molecule has 0 saturated heterocycles. The third kappa shape index (κ3) is 4.66. The molecule has 0 amide bonds. The van der Waals surface area contributed by atoms with Crippen molar-refractivity contribution in [2.75, 3.05) is 6.26 Å². The summed E-state index contributed by atoms with van der Waals surface area (Å²) < 4.78 is 51.6. The van der Waals surface area contributed by atoms with Gasteiger partial charge in [-0.1, -0.05) is 6.07 Å². The molecule has 2 N–H and O–H groups in total. The Morgan fingerprint density at radius 1 is 1.13 bits per heavy atom. The minimum Gasteiger partial charge on any atom is -0.405 e. The van der Waals surface area contributed by atoms with Crippen LogP contribution in [0.4, 0.5) is 14.5 Å². The second-order valence-corrected chi connectivity index (χ2v) is 8.21. The van der Waals surface area contributed by atoms with Crippen LogP contribution in [-0.2, 0) is 9.84 Å². The van der Waals surface area contributed by atoms with Crippen LogP contribution in [0.3, 0.4) is 0 Å². The summed E-state index contributed by atoms with van der Waals surface area (Å²) in [5.41, 5.74) is 5.29. The SMILES string of the molecule is CS(=O)(=O)c1cccc(-n2ccc(=O)c(C(C=CN)=Nc3ccc(F)c(F)c3)n2)c1. The molecule has 3 rings (SSSR count). The lowest BCUT2D eigenvalue weighted by molar-refractivity contribution is 0.509. The van der Waals surface area contributed by atoms with E-state index in [1.165, 1.54) is 41.2 Å². The second kappa shape index (κ2) is 8.37. The standard InChI is InChI=1S/C20H16F2N4O3S/c1-30(28,29)15-4-2-3-14(12-15)26-10-8-19(27)20(25-26)18(7-9-23)24-13-5-6-16(21)17(22)11-13/h2-12H,23H2,1H3. The lowest BCUT2D eigenvalue weighted by Gasteiger charge is -2.09. The van der Waals surface area contributed by atoms with Crippen LogP contribution in [0.25, 0.3) is 5.69 Å². The molecule has 0 unspecified atom stereocenters. The van der Waals surface area contributed by atoms with Crippen molar-refractivity contribution in [1.82, 2.24) is 9.78 Å². The first-order valence-electron chi connectivity index (χ1n) is 8.52. The number of halogens is 2. The number of sulfone groups is 1. The van der Waals surface area contributed by atoms with E-state index in [9.17, 15) is 22.0 Å². The van der Waals surface area contributed by atoms with Crippen LogP contribution in [0.5, 0.6) is 0 Å². The molecule has 0 spiro atoms. The molecule has 154 valence electrons. The average molecular weight is 430 g/mol. The molecule has 7 nitrogen and oxygen atoms in total. The van der Waals surface area contributed by atoms with Crippen LogP contribution in [0, 0.1) is 11.6 Å². The maximum Gasteiger partial charge on any atom is 0.209 e. The van der Waals surface area contributed by atoms with E-state index in [1.807, 2.05) is 0 Å². The third-order valence-electron chi connectivity index (χ3n) is 3.97. The van der Waals surface area contributed by atoms with Crippen LogP contribution in [0.2, 0.25) is 0 Å². The van der Waals surface area contributed by atoms with E-state index in [4.69, 9.17) is 5.73 Å². The first kappa shape index (κ1) is 21.1. The third-order valence-corrected chi connectivity index (χ3v) is 5.08. The Hall–Kier alpha value is -3.66. The molecule has 10 heteroatoms. The van der Waals surface area contributed by atoms with E-state index in [0.29, 0.717) is 5.69 Å². The van der Waals surface area contributed by atoms with Crippen LogP contribution < -0.4 is 11.2 Å². The Bertz CT molecular complexity index is 1330. The van der Waals surface area contributed by atoms with Gasteiger partial charge in [0, 0.05) is 24.6 Å². The molecule has 0 radical (unpaired) electrons. The van der Waals surface area contributed by atoms with Crippen molar-refractivity contribution in [1.29, 1.82) is 0 Å². The monoisotopic (exact) mass is 430 g/mol. The smallest absolute Gasteiger partial charge is 0.209 e. The highest BCUT2D eigenvalue weighted by Crippen LogP contribution is 2.18. The molecule has 0 aliphatic heterocycles. The Morgan fingerprint density at radius 3 is 2.57 bits per heavy atom. The van der Waals surface area contributed by atoms with Gasteiger partial charge >= 0.3 is 0 Å². The van der Waals surface area contributed by atoms with Gasteiger partial charge in [-0.25, -0.2) is 26.9 Å². The highest BCUT2D eigenvalue weighted by molar-refractivity contribution is 7.90. The van der Waals surface area contributed by atoms with E-state index < -0.39 is 26.9 Å². The zero-order valence-electron chi connectivity index (χ0n) is 15.7. The molecule has 30 heavy (non-hydrogen) atoms. The molecule has 3 aromatic rings. The quantitative estimate of drug-likeness (QED) is 0.626. The number of aromatic nitrogens is 2. The van der Waals surface area contributed by atoms with Gasteiger partial charge in [-0.05, 0) is 42.6 Å². The lowest BCUT2D eigenvalue weighted by Crippen LogP contribution is -2.20. The van der Waals surface area contributed by atoms with Crippen LogP contribution in [0.1, 0.15) is 5.69 Å². The summed E-state index contributed by atoms with van der Waals surface area (Å²) in [4.78, 5) is 16.6. The van der Waals surface area contributed by atoms with Gasteiger partial charge in [0.05, 0.1) is 22.0 Å². The fourth-order valence-electron chi connectivity index (χ4n) is 2.54. The fourth-order valence-corrected chi connectivity index (χ4v) is 3.20. The molecule has 0 aliphatic rings. The molecule has 0 fully saturated rings.